The number of nitrogens with one attached hydrogen (secondary N) is 2. The van der Waals surface area contributed by atoms with Crippen LogP contribution in [0.3, 0.4) is 0 Å². The summed E-state index contributed by atoms with van der Waals surface area (Å²) in [5.74, 6) is -2.35. The lowest BCUT2D eigenvalue weighted by molar-refractivity contribution is 0.0303. The number of carbonyl (C=O) groups is 2. The third-order valence-electron chi connectivity index (χ3n) is 6.51. The molecule has 10 nitrogen and oxygen atoms in total. The van der Waals surface area contributed by atoms with Crippen LogP contribution < -0.4 is 15.5 Å². The predicted molar refractivity (Wildman–Crippen MR) is 150 cm³/mol. The van der Waals surface area contributed by atoms with Crippen molar-refractivity contribution in [1.82, 2.24) is 19.9 Å². The fourth-order valence-electron chi connectivity index (χ4n) is 4.46. The lowest BCUT2D eigenvalue weighted by atomic mass is 10.1. The SMILES string of the molecule is CN(C)c1ccc(NCc2cn(-c3cccc(NC(=O)c4cc(F)cc(F)c4)c3)nn2)cc1C(=O)N1CCOCC1. The number of amides is 2. The van der Waals surface area contributed by atoms with Gasteiger partial charge in [-0.05, 0) is 48.5 Å². The van der Waals surface area contributed by atoms with Gasteiger partial charge in [0.15, 0.2) is 0 Å². The van der Waals surface area contributed by atoms with Gasteiger partial charge in [-0.15, -0.1) is 5.10 Å². The molecule has 0 radical (unpaired) electrons. The van der Waals surface area contributed by atoms with Crippen molar-refractivity contribution in [1.29, 1.82) is 0 Å². The fourth-order valence-corrected chi connectivity index (χ4v) is 4.46. The normalized spacial score (nSPS) is 13.1. The summed E-state index contributed by atoms with van der Waals surface area (Å²) in [6.45, 7) is 2.52. The number of anilines is 3. The maximum Gasteiger partial charge on any atom is 0.256 e. The largest absolute Gasteiger partial charge is 0.379 e. The number of ether oxygens (including phenoxy) is 1. The average molecular weight is 562 g/mol. The summed E-state index contributed by atoms with van der Waals surface area (Å²) in [5.41, 5.74) is 3.76. The average Bonchev–Trinajstić information content (AvgIpc) is 3.45. The first kappa shape index (κ1) is 27.7. The molecule has 0 unspecified atom stereocenters. The highest BCUT2D eigenvalue weighted by molar-refractivity contribution is 6.04. The van der Waals surface area contributed by atoms with Gasteiger partial charge in [-0.1, -0.05) is 11.3 Å². The van der Waals surface area contributed by atoms with Crippen molar-refractivity contribution in [2.24, 2.45) is 0 Å². The summed E-state index contributed by atoms with van der Waals surface area (Å²) in [4.78, 5) is 29.4. The Kier molecular flexibility index (Phi) is 8.20. The Balaban J connectivity index is 1.26. The number of aromatic nitrogens is 3. The van der Waals surface area contributed by atoms with E-state index in [-0.39, 0.29) is 11.5 Å². The summed E-state index contributed by atoms with van der Waals surface area (Å²) < 4.78 is 33.9. The van der Waals surface area contributed by atoms with Crippen molar-refractivity contribution in [3.05, 3.63) is 95.3 Å². The molecule has 0 saturated carbocycles. The summed E-state index contributed by atoms with van der Waals surface area (Å²) in [6, 6.07) is 15.1. The molecular formula is C29H29F2N7O3. The van der Waals surface area contributed by atoms with Gasteiger partial charge in [-0.2, -0.15) is 0 Å². The number of halogens is 2. The molecule has 41 heavy (non-hydrogen) atoms. The standard InChI is InChI=1S/C29H29F2N7O3/c1-36(2)27-7-6-22(16-26(27)29(40)37-8-10-41-11-9-37)32-17-24-18-38(35-34-24)25-5-3-4-23(15-25)33-28(39)19-12-20(30)14-21(31)13-19/h3-7,12-16,18,32H,8-11,17H2,1-2H3,(H,33,39). The summed E-state index contributed by atoms with van der Waals surface area (Å²) >= 11 is 0. The number of hydrogen-bond donors (Lipinski definition) is 2. The monoisotopic (exact) mass is 561 g/mol. The van der Waals surface area contributed by atoms with Gasteiger partial charge in [0.25, 0.3) is 11.8 Å². The second-order valence-corrected chi connectivity index (χ2v) is 9.70. The molecule has 2 N–H and O–H groups in total. The van der Waals surface area contributed by atoms with Crippen LogP contribution in [0, 0.1) is 11.6 Å². The van der Waals surface area contributed by atoms with Gasteiger partial charge in [0, 0.05) is 55.9 Å². The van der Waals surface area contributed by atoms with Crippen LogP contribution in [-0.4, -0.2) is 72.1 Å². The molecular weight excluding hydrogens is 532 g/mol. The van der Waals surface area contributed by atoms with E-state index in [1.165, 1.54) is 0 Å². The van der Waals surface area contributed by atoms with Crippen molar-refractivity contribution in [3.8, 4) is 5.69 Å². The van der Waals surface area contributed by atoms with E-state index in [2.05, 4.69) is 20.9 Å². The number of nitrogens with zero attached hydrogens (tertiary/aromatic N) is 5. The second-order valence-electron chi connectivity index (χ2n) is 9.70. The minimum absolute atomic E-state index is 0.0406. The Morgan fingerprint density at radius 2 is 1.73 bits per heavy atom. The quantitative estimate of drug-likeness (QED) is 0.336. The molecule has 0 spiro atoms. The zero-order valence-electron chi connectivity index (χ0n) is 22.6. The number of carbonyl (C=O) groups excluding carboxylic acids is 2. The first-order valence-corrected chi connectivity index (χ1v) is 13.0. The van der Waals surface area contributed by atoms with E-state index in [1.807, 2.05) is 37.2 Å². The molecule has 3 aromatic carbocycles. The highest BCUT2D eigenvalue weighted by Crippen LogP contribution is 2.25. The van der Waals surface area contributed by atoms with Crippen LogP contribution in [0.5, 0.6) is 0 Å². The molecule has 2 amide bonds. The molecule has 1 saturated heterocycles. The third-order valence-corrected chi connectivity index (χ3v) is 6.51. The Morgan fingerprint density at radius 3 is 2.46 bits per heavy atom. The molecule has 0 bridgehead atoms. The second kappa shape index (κ2) is 12.1. The lowest BCUT2D eigenvalue weighted by Crippen LogP contribution is -2.41. The van der Waals surface area contributed by atoms with Gasteiger partial charge in [-0.25, -0.2) is 13.5 Å². The minimum atomic E-state index is -0.832. The molecule has 1 aliphatic heterocycles. The molecule has 212 valence electrons. The van der Waals surface area contributed by atoms with Gasteiger partial charge < -0.3 is 25.2 Å². The molecule has 1 aromatic heterocycles. The van der Waals surface area contributed by atoms with Crippen LogP contribution in [0.25, 0.3) is 5.69 Å². The predicted octanol–water partition coefficient (Wildman–Crippen LogP) is 3.95. The topological polar surface area (TPSA) is 105 Å². The van der Waals surface area contributed by atoms with Crippen LogP contribution in [-0.2, 0) is 11.3 Å². The molecule has 1 fully saturated rings. The number of rotatable bonds is 8. The first-order chi connectivity index (χ1) is 19.8. The van der Waals surface area contributed by atoms with Crippen LogP contribution >= 0.6 is 0 Å². The number of hydrogen-bond acceptors (Lipinski definition) is 7. The maximum absolute atomic E-state index is 13.5. The fraction of sp³-hybridized carbons (Fsp3) is 0.241. The summed E-state index contributed by atoms with van der Waals surface area (Å²) in [5, 5.41) is 14.4. The molecule has 1 aliphatic rings. The van der Waals surface area contributed by atoms with Crippen LogP contribution in [0.15, 0.2) is 66.9 Å². The van der Waals surface area contributed by atoms with E-state index < -0.39 is 17.5 Å². The van der Waals surface area contributed by atoms with E-state index in [9.17, 15) is 18.4 Å². The lowest BCUT2D eigenvalue weighted by Gasteiger charge is -2.28. The van der Waals surface area contributed by atoms with Gasteiger partial charge in [0.1, 0.15) is 17.3 Å². The zero-order valence-corrected chi connectivity index (χ0v) is 22.6. The smallest absolute Gasteiger partial charge is 0.256 e. The molecule has 12 heteroatoms. The summed E-state index contributed by atoms with van der Waals surface area (Å²) in [6.07, 6.45) is 1.74. The van der Waals surface area contributed by atoms with Crippen molar-refractivity contribution in [2.75, 3.05) is 55.9 Å². The van der Waals surface area contributed by atoms with Gasteiger partial charge in [0.2, 0.25) is 0 Å². The van der Waals surface area contributed by atoms with Crippen molar-refractivity contribution in [2.45, 2.75) is 6.54 Å². The molecule has 4 aromatic rings. The zero-order chi connectivity index (χ0) is 28.9. The van der Waals surface area contributed by atoms with Crippen molar-refractivity contribution >= 4 is 28.9 Å². The van der Waals surface area contributed by atoms with E-state index in [1.54, 1.807) is 40.0 Å². The number of benzene rings is 3. The molecule has 0 aliphatic carbocycles. The van der Waals surface area contributed by atoms with Crippen LogP contribution in [0.2, 0.25) is 0 Å². The van der Waals surface area contributed by atoms with Crippen LogP contribution in [0.1, 0.15) is 26.4 Å². The maximum atomic E-state index is 13.5. The highest BCUT2D eigenvalue weighted by atomic mass is 19.1. The van der Waals surface area contributed by atoms with E-state index in [0.717, 1.165) is 23.5 Å². The minimum Gasteiger partial charge on any atom is -0.379 e. The number of morpholine rings is 1. The van der Waals surface area contributed by atoms with Crippen molar-refractivity contribution < 1.29 is 23.1 Å². The Labute approximate surface area is 235 Å². The first-order valence-electron chi connectivity index (χ1n) is 13.0. The van der Waals surface area contributed by atoms with Crippen molar-refractivity contribution in [3.63, 3.8) is 0 Å². The van der Waals surface area contributed by atoms with E-state index in [4.69, 9.17) is 4.74 Å². The molecule has 5 rings (SSSR count). The van der Waals surface area contributed by atoms with Gasteiger partial charge >= 0.3 is 0 Å². The molecule has 0 atom stereocenters. The van der Waals surface area contributed by atoms with E-state index >= 15 is 0 Å². The Morgan fingerprint density at radius 1 is 0.976 bits per heavy atom. The molecule has 2 heterocycles. The van der Waals surface area contributed by atoms with Crippen LogP contribution in [0.4, 0.5) is 25.8 Å². The highest BCUT2D eigenvalue weighted by Gasteiger charge is 2.22. The van der Waals surface area contributed by atoms with E-state index in [0.29, 0.717) is 61.5 Å². The van der Waals surface area contributed by atoms with Gasteiger partial charge in [-0.3, -0.25) is 9.59 Å². The van der Waals surface area contributed by atoms with Gasteiger partial charge in [0.05, 0.1) is 37.2 Å². The summed E-state index contributed by atoms with van der Waals surface area (Å²) in [7, 11) is 3.80. The Hall–Kier alpha value is -4.84. The third kappa shape index (κ3) is 6.67. The Bertz CT molecular complexity index is 1550.